The summed E-state index contributed by atoms with van der Waals surface area (Å²) in [5.74, 6) is -0.0464. The number of carbonyl (C=O) groups excluding carboxylic acids is 1. The van der Waals surface area contributed by atoms with E-state index < -0.39 is 0 Å². The van der Waals surface area contributed by atoms with Crippen LogP contribution in [0.15, 0.2) is 36.5 Å². The molecular formula is C14H13ClN2O. The number of benzene rings is 1. The van der Waals surface area contributed by atoms with E-state index in [4.69, 9.17) is 11.6 Å². The number of rotatable bonds is 3. The summed E-state index contributed by atoms with van der Waals surface area (Å²) in [5, 5.41) is 4.74. The van der Waals surface area contributed by atoms with Crippen molar-refractivity contribution in [2.45, 2.75) is 6.92 Å². The normalized spacial score (nSPS) is 11.1. The number of hydrogen-bond acceptors (Lipinski definition) is 2. The number of carbonyl (C=O) groups is 1. The molecule has 0 aliphatic heterocycles. The van der Waals surface area contributed by atoms with Crippen molar-refractivity contribution in [2.75, 3.05) is 0 Å². The lowest BCUT2D eigenvalue weighted by Crippen LogP contribution is -1.94. The highest BCUT2D eigenvalue weighted by Gasteiger charge is 2.03. The molecule has 2 rings (SSSR count). The van der Waals surface area contributed by atoms with Crippen LogP contribution in [0.2, 0.25) is 5.02 Å². The Morgan fingerprint density at radius 3 is 2.56 bits per heavy atom. The fraction of sp³-hybridized carbons (Fsp3) is 0.143. The Hall–Kier alpha value is -1.87. The van der Waals surface area contributed by atoms with E-state index in [0.717, 1.165) is 11.3 Å². The van der Waals surface area contributed by atoms with Gasteiger partial charge in [-0.1, -0.05) is 11.6 Å². The van der Waals surface area contributed by atoms with Crippen molar-refractivity contribution in [1.82, 2.24) is 9.78 Å². The van der Waals surface area contributed by atoms with Crippen molar-refractivity contribution < 1.29 is 4.79 Å². The zero-order valence-corrected chi connectivity index (χ0v) is 11.0. The Bertz CT molecular complexity index is 597. The summed E-state index contributed by atoms with van der Waals surface area (Å²) in [5.41, 5.74) is 2.59. The first-order valence-corrected chi connectivity index (χ1v) is 5.92. The lowest BCUT2D eigenvalue weighted by molar-refractivity contribution is 0.104. The first-order chi connectivity index (χ1) is 8.58. The average molecular weight is 261 g/mol. The maximum absolute atomic E-state index is 11.9. The number of nitrogens with zero attached hydrogens (tertiary/aromatic N) is 2. The molecule has 0 aliphatic rings. The smallest absolute Gasteiger partial charge is 0.185 e. The predicted molar refractivity (Wildman–Crippen MR) is 72.8 cm³/mol. The van der Waals surface area contributed by atoms with E-state index in [9.17, 15) is 4.79 Å². The quantitative estimate of drug-likeness (QED) is 0.627. The molecule has 0 N–H and O–H groups in total. The topological polar surface area (TPSA) is 34.9 Å². The molecule has 3 nitrogen and oxygen atoms in total. The zero-order chi connectivity index (χ0) is 13.1. The van der Waals surface area contributed by atoms with Crippen LogP contribution in [-0.4, -0.2) is 15.6 Å². The third kappa shape index (κ3) is 2.68. The van der Waals surface area contributed by atoms with Gasteiger partial charge in [0.2, 0.25) is 0 Å². The van der Waals surface area contributed by atoms with E-state index in [-0.39, 0.29) is 5.78 Å². The van der Waals surface area contributed by atoms with Crippen LogP contribution in [0.1, 0.15) is 21.6 Å². The minimum absolute atomic E-state index is 0.0464. The zero-order valence-electron chi connectivity index (χ0n) is 10.2. The first kappa shape index (κ1) is 12.6. The van der Waals surface area contributed by atoms with Gasteiger partial charge in [0, 0.05) is 28.9 Å². The average Bonchev–Trinajstić information content (AvgIpc) is 2.68. The number of hydrogen-bond donors (Lipinski definition) is 0. The Morgan fingerprint density at radius 1 is 1.33 bits per heavy atom. The van der Waals surface area contributed by atoms with Crippen LogP contribution in [0, 0.1) is 6.92 Å². The second-order valence-corrected chi connectivity index (χ2v) is 4.45. The summed E-state index contributed by atoms with van der Waals surface area (Å²) >= 11 is 5.77. The van der Waals surface area contributed by atoms with E-state index in [1.807, 2.05) is 14.0 Å². The molecule has 0 amide bonds. The molecule has 0 bridgehead atoms. The van der Waals surface area contributed by atoms with Gasteiger partial charge in [-0.25, -0.2) is 0 Å². The summed E-state index contributed by atoms with van der Waals surface area (Å²) in [6.07, 6.45) is 5.06. The van der Waals surface area contributed by atoms with E-state index in [2.05, 4.69) is 5.10 Å². The summed E-state index contributed by atoms with van der Waals surface area (Å²) < 4.78 is 1.77. The largest absolute Gasteiger partial charge is 0.289 e. The molecule has 0 aliphatic carbocycles. The van der Waals surface area contributed by atoms with Crippen molar-refractivity contribution in [3.63, 3.8) is 0 Å². The molecule has 4 heteroatoms. The minimum atomic E-state index is -0.0464. The van der Waals surface area contributed by atoms with Crippen LogP contribution in [0.25, 0.3) is 6.08 Å². The van der Waals surface area contributed by atoms with Crippen molar-refractivity contribution >= 4 is 23.5 Å². The van der Waals surface area contributed by atoms with Gasteiger partial charge in [0.05, 0.1) is 6.20 Å². The van der Waals surface area contributed by atoms with E-state index in [1.165, 1.54) is 0 Å². The van der Waals surface area contributed by atoms with Crippen LogP contribution in [-0.2, 0) is 7.05 Å². The van der Waals surface area contributed by atoms with Gasteiger partial charge in [0.1, 0.15) is 0 Å². The predicted octanol–water partition coefficient (Wildman–Crippen LogP) is 3.28. The number of ketones is 1. The van der Waals surface area contributed by atoms with Crippen LogP contribution in [0.4, 0.5) is 0 Å². The summed E-state index contributed by atoms with van der Waals surface area (Å²) in [6, 6.07) is 6.84. The molecule has 2 aromatic rings. The number of aromatic nitrogens is 2. The second-order valence-electron chi connectivity index (χ2n) is 4.01. The first-order valence-electron chi connectivity index (χ1n) is 5.54. The second kappa shape index (κ2) is 5.19. The van der Waals surface area contributed by atoms with Crippen molar-refractivity contribution in [2.24, 2.45) is 7.05 Å². The van der Waals surface area contributed by atoms with Crippen LogP contribution in [0.5, 0.6) is 0 Å². The van der Waals surface area contributed by atoms with Gasteiger partial charge in [-0.2, -0.15) is 5.10 Å². The lowest BCUT2D eigenvalue weighted by atomic mass is 10.1. The number of aryl methyl sites for hydroxylation is 1. The van der Waals surface area contributed by atoms with Crippen LogP contribution < -0.4 is 0 Å². The van der Waals surface area contributed by atoms with E-state index >= 15 is 0 Å². The van der Waals surface area contributed by atoms with Crippen molar-refractivity contribution in [1.29, 1.82) is 0 Å². The molecule has 1 heterocycles. The van der Waals surface area contributed by atoms with Crippen LogP contribution in [0.3, 0.4) is 0 Å². The van der Waals surface area contributed by atoms with Crippen molar-refractivity contribution in [3.8, 4) is 0 Å². The third-order valence-electron chi connectivity index (χ3n) is 2.82. The van der Waals surface area contributed by atoms with Gasteiger partial charge in [-0.05, 0) is 43.3 Å². The molecule has 0 radical (unpaired) electrons. The van der Waals surface area contributed by atoms with Gasteiger partial charge in [-0.15, -0.1) is 0 Å². The summed E-state index contributed by atoms with van der Waals surface area (Å²) in [4.78, 5) is 11.9. The molecule has 0 unspecified atom stereocenters. The standard InChI is InChI=1S/C14H13ClN2O/c1-10-12(9-16-17(10)2)5-8-14(18)11-3-6-13(15)7-4-11/h3-9H,1-2H3/b8-5+. The van der Waals surface area contributed by atoms with E-state index in [0.29, 0.717) is 10.6 Å². The molecule has 92 valence electrons. The Kier molecular flexibility index (Phi) is 3.63. The highest BCUT2D eigenvalue weighted by atomic mass is 35.5. The molecule has 0 saturated carbocycles. The highest BCUT2D eigenvalue weighted by molar-refractivity contribution is 6.30. The Balaban J connectivity index is 2.16. The third-order valence-corrected chi connectivity index (χ3v) is 3.07. The van der Waals surface area contributed by atoms with Crippen LogP contribution >= 0.6 is 11.6 Å². The maximum Gasteiger partial charge on any atom is 0.185 e. The summed E-state index contributed by atoms with van der Waals surface area (Å²) in [7, 11) is 1.87. The molecule has 0 fully saturated rings. The number of halogens is 1. The molecule has 0 saturated heterocycles. The molecule has 18 heavy (non-hydrogen) atoms. The van der Waals surface area contributed by atoms with Gasteiger partial charge in [0.25, 0.3) is 0 Å². The Labute approximate surface area is 111 Å². The minimum Gasteiger partial charge on any atom is -0.289 e. The summed E-state index contributed by atoms with van der Waals surface area (Å²) in [6.45, 7) is 1.96. The molecule has 0 atom stereocenters. The van der Waals surface area contributed by atoms with Gasteiger partial charge in [-0.3, -0.25) is 9.48 Å². The molecule has 1 aromatic carbocycles. The maximum atomic E-state index is 11.9. The Morgan fingerprint density at radius 2 is 2.00 bits per heavy atom. The fourth-order valence-corrected chi connectivity index (χ4v) is 1.68. The molecular weight excluding hydrogens is 248 g/mol. The fourth-order valence-electron chi connectivity index (χ4n) is 1.56. The number of allylic oxidation sites excluding steroid dienone is 1. The van der Waals surface area contributed by atoms with Crippen molar-refractivity contribution in [3.05, 3.63) is 58.4 Å². The molecule has 0 spiro atoms. The van der Waals surface area contributed by atoms with Gasteiger partial charge in [0.15, 0.2) is 5.78 Å². The van der Waals surface area contributed by atoms with Gasteiger partial charge >= 0.3 is 0 Å². The van der Waals surface area contributed by atoms with E-state index in [1.54, 1.807) is 47.3 Å². The molecule has 1 aromatic heterocycles. The monoisotopic (exact) mass is 260 g/mol. The SMILES string of the molecule is Cc1c(/C=C/C(=O)c2ccc(Cl)cc2)cnn1C. The highest BCUT2D eigenvalue weighted by Crippen LogP contribution is 2.12. The van der Waals surface area contributed by atoms with Gasteiger partial charge < -0.3 is 0 Å². The lowest BCUT2D eigenvalue weighted by Gasteiger charge is -1.96.